The van der Waals surface area contributed by atoms with Crippen molar-refractivity contribution in [2.45, 2.75) is 19.5 Å². The smallest absolute Gasteiger partial charge is 0.372 e. The summed E-state index contributed by atoms with van der Waals surface area (Å²) in [4.78, 5) is 10.9. The van der Waals surface area contributed by atoms with Gasteiger partial charge < -0.3 is 19.6 Å². The molecule has 1 heterocycles. The largest absolute Gasteiger partial charge is 0.497 e. The molecule has 2 N–H and O–H groups in total. The van der Waals surface area contributed by atoms with Crippen molar-refractivity contribution < 1.29 is 19.1 Å². The lowest BCUT2D eigenvalue weighted by Crippen LogP contribution is -2.19. The van der Waals surface area contributed by atoms with E-state index in [0.29, 0.717) is 12.1 Å². The molecule has 20 heavy (non-hydrogen) atoms. The van der Waals surface area contributed by atoms with Gasteiger partial charge in [0.15, 0.2) is 0 Å². The van der Waals surface area contributed by atoms with Crippen LogP contribution in [0.3, 0.4) is 0 Å². The lowest BCUT2D eigenvalue weighted by molar-refractivity contribution is 0.0660. The number of benzene rings is 1. The number of methoxy groups -OCH3 is 1. The van der Waals surface area contributed by atoms with Gasteiger partial charge in [0.1, 0.15) is 5.75 Å². The van der Waals surface area contributed by atoms with Crippen LogP contribution in [0.15, 0.2) is 41.0 Å². The second-order valence-electron chi connectivity index (χ2n) is 4.46. The summed E-state index contributed by atoms with van der Waals surface area (Å²) in [5.41, 5.74) is 1.74. The Labute approximate surface area is 117 Å². The molecule has 0 aliphatic rings. The van der Waals surface area contributed by atoms with E-state index in [1.54, 1.807) is 13.2 Å². The van der Waals surface area contributed by atoms with Crippen LogP contribution in [-0.2, 0) is 6.54 Å². The number of nitrogens with one attached hydrogen (secondary N) is 1. The first kappa shape index (κ1) is 14.1. The zero-order valence-electron chi connectivity index (χ0n) is 11.4. The third-order valence-corrected chi connectivity index (χ3v) is 3.16. The monoisotopic (exact) mass is 275 g/mol. The van der Waals surface area contributed by atoms with Gasteiger partial charge in [0.25, 0.3) is 0 Å². The first-order chi connectivity index (χ1) is 9.61. The van der Waals surface area contributed by atoms with Gasteiger partial charge in [-0.15, -0.1) is 0 Å². The van der Waals surface area contributed by atoms with Gasteiger partial charge >= 0.3 is 5.97 Å². The number of carbonyl (C=O) groups is 1. The Morgan fingerprint density at radius 3 is 2.65 bits per heavy atom. The second-order valence-corrected chi connectivity index (χ2v) is 4.46. The van der Waals surface area contributed by atoms with Crippen molar-refractivity contribution in [3.8, 4) is 5.75 Å². The topological polar surface area (TPSA) is 71.7 Å². The van der Waals surface area contributed by atoms with E-state index >= 15 is 0 Å². The molecule has 1 atom stereocenters. The fraction of sp³-hybridized carbons (Fsp3) is 0.267. The minimum atomic E-state index is -1.05. The molecule has 0 fully saturated rings. The van der Waals surface area contributed by atoms with Crippen LogP contribution in [0.5, 0.6) is 5.75 Å². The van der Waals surface area contributed by atoms with Crippen LogP contribution in [0.2, 0.25) is 0 Å². The van der Waals surface area contributed by atoms with Gasteiger partial charge in [-0.1, -0.05) is 12.1 Å². The van der Waals surface area contributed by atoms with Crippen molar-refractivity contribution in [2.75, 3.05) is 7.11 Å². The van der Waals surface area contributed by atoms with E-state index in [-0.39, 0.29) is 11.8 Å². The highest BCUT2D eigenvalue weighted by Gasteiger charge is 2.14. The standard InChI is InChI=1S/C15H17NO4/c1-10(11-3-5-13(19-2)6-4-11)16-9-12-7-8-20-14(12)15(17)18/h3-8,10,16H,9H2,1-2H3,(H,17,18)/t10-/m0/s1. The van der Waals surface area contributed by atoms with Crippen molar-refractivity contribution in [1.82, 2.24) is 5.32 Å². The Morgan fingerprint density at radius 1 is 1.35 bits per heavy atom. The zero-order valence-corrected chi connectivity index (χ0v) is 11.4. The predicted octanol–water partition coefficient (Wildman–Crippen LogP) is 2.84. The molecule has 5 heteroatoms. The molecule has 2 aromatic rings. The number of hydrogen-bond acceptors (Lipinski definition) is 4. The number of hydrogen-bond donors (Lipinski definition) is 2. The second kappa shape index (κ2) is 6.25. The zero-order chi connectivity index (χ0) is 14.5. The predicted molar refractivity (Wildman–Crippen MR) is 73.9 cm³/mol. The maximum absolute atomic E-state index is 10.9. The van der Waals surface area contributed by atoms with Crippen molar-refractivity contribution in [1.29, 1.82) is 0 Å². The van der Waals surface area contributed by atoms with Gasteiger partial charge in [-0.3, -0.25) is 0 Å². The van der Waals surface area contributed by atoms with Crippen LogP contribution in [0.4, 0.5) is 0 Å². The van der Waals surface area contributed by atoms with E-state index in [9.17, 15) is 4.79 Å². The number of rotatable bonds is 6. The van der Waals surface area contributed by atoms with Crippen molar-refractivity contribution in [3.05, 3.63) is 53.5 Å². The lowest BCUT2D eigenvalue weighted by atomic mass is 10.1. The summed E-state index contributed by atoms with van der Waals surface area (Å²) in [6, 6.07) is 9.50. The SMILES string of the molecule is COc1ccc([C@H](C)NCc2ccoc2C(=O)O)cc1. The van der Waals surface area contributed by atoms with Crippen LogP contribution in [0.25, 0.3) is 0 Å². The van der Waals surface area contributed by atoms with E-state index < -0.39 is 5.97 Å². The van der Waals surface area contributed by atoms with Crippen LogP contribution in [0.1, 0.15) is 34.6 Å². The highest BCUT2D eigenvalue weighted by molar-refractivity contribution is 5.86. The molecule has 0 spiro atoms. The van der Waals surface area contributed by atoms with E-state index in [0.717, 1.165) is 11.3 Å². The third-order valence-electron chi connectivity index (χ3n) is 3.16. The number of ether oxygens (including phenoxy) is 1. The van der Waals surface area contributed by atoms with E-state index in [1.807, 2.05) is 31.2 Å². The Bertz CT molecular complexity index is 574. The summed E-state index contributed by atoms with van der Waals surface area (Å²) in [5.74, 6) is -0.257. The fourth-order valence-electron chi connectivity index (χ4n) is 1.94. The summed E-state index contributed by atoms with van der Waals surface area (Å²) >= 11 is 0. The molecule has 106 valence electrons. The molecule has 5 nitrogen and oxygen atoms in total. The molecule has 0 amide bonds. The molecule has 2 rings (SSSR count). The van der Waals surface area contributed by atoms with Gasteiger partial charge in [0, 0.05) is 18.2 Å². The molecule has 0 radical (unpaired) electrons. The van der Waals surface area contributed by atoms with Crippen LogP contribution >= 0.6 is 0 Å². The molecular formula is C15H17NO4. The number of carboxylic acids is 1. The molecule has 0 saturated carbocycles. The molecule has 0 saturated heterocycles. The normalized spacial score (nSPS) is 12.1. The minimum Gasteiger partial charge on any atom is -0.497 e. The maximum atomic E-state index is 10.9. The molecule has 0 aliphatic carbocycles. The summed E-state index contributed by atoms with van der Waals surface area (Å²) in [7, 11) is 1.63. The highest BCUT2D eigenvalue weighted by atomic mass is 16.5. The van der Waals surface area contributed by atoms with Gasteiger partial charge in [-0.25, -0.2) is 4.79 Å². The van der Waals surface area contributed by atoms with Gasteiger partial charge in [0.05, 0.1) is 13.4 Å². The van der Waals surface area contributed by atoms with Crippen LogP contribution in [-0.4, -0.2) is 18.2 Å². The molecule has 0 unspecified atom stereocenters. The summed E-state index contributed by atoms with van der Waals surface area (Å²) < 4.78 is 10.1. The van der Waals surface area contributed by atoms with Crippen molar-refractivity contribution in [2.24, 2.45) is 0 Å². The summed E-state index contributed by atoms with van der Waals surface area (Å²) in [6.07, 6.45) is 1.39. The van der Waals surface area contributed by atoms with Gasteiger partial charge in [-0.05, 0) is 30.7 Å². The van der Waals surface area contributed by atoms with E-state index in [2.05, 4.69) is 5.32 Å². The highest BCUT2D eigenvalue weighted by Crippen LogP contribution is 2.18. The van der Waals surface area contributed by atoms with Crippen LogP contribution < -0.4 is 10.1 Å². The van der Waals surface area contributed by atoms with Crippen LogP contribution in [0, 0.1) is 0 Å². The van der Waals surface area contributed by atoms with E-state index in [1.165, 1.54) is 6.26 Å². The Morgan fingerprint density at radius 2 is 2.05 bits per heavy atom. The number of aromatic carboxylic acids is 1. The van der Waals surface area contributed by atoms with Gasteiger partial charge in [-0.2, -0.15) is 0 Å². The molecule has 0 bridgehead atoms. The Kier molecular flexibility index (Phi) is 4.42. The van der Waals surface area contributed by atoms with E-state index in [4.69, 9.17) is 14.3 Å². The molecule has 1 aromatic carbocycles. The molecule has 0 aliphatic heterocycles. The van der Waals surface area contributed by atoms with Crippen molar-refractivity contribution in [3.63, 3.8) is 0 Å². The molecular weight excluding hydrogens is 258 g/mol. The van der Waals surface area contributed by atoms with Crippen molar-refractivity contribution >= 4 is 5.97 Å². The first-order valence-electron chi connectivity index (χ1n) is 6.29. The quantitative estimate of drug-likeness (QED) is 0.848. The average Bonchev–Trinajstić information content (AvgIpc) is 2.93. The summed E-state index contributed by atoms with van der Waals surface area (Å²) in [6.45, 7) is 2.45. The number of carboxylic acid groups (broad SMARTS) is 1. The average molecular weight is 275 g/mol. The minimum absolute atomic E-state index is 0.0144. The van der Waals surface area contributed by atoms with Gasteiger partial charge in [0.2, 0.25) is 5.76 Å². The lowest BCUT2D eigenvalue weighted by Gasteiger charge is -2.14. The Balaban J connectivity index is 1.99. The Hall–Kier alpha value is -2.27. The molecule has 1 aromatic heterocycles. The maximum Gasteiger partial charge on any atom is 0.372 e. The first-order valence-corrected chi connectivity index (χ1v) is 6.29. The number of furan rings is 1. The fourth-order valence-corrected chi connectivity index (χ4v) is 1.94. The third kappa shape index (κ3) is 3.19. The summed E-state index contributed by atoms with van der Waals surface area (Å²) in [5, 5.41) is 12.2.